The predicted octanol–water partition coefficient (Wildman–Crippen LogP) is 3.16. The van der Waals surface area contributed by atoms with E-state index < -0.39 is 22.2 Å². The summed E-state index contributed by atoms with van der Waals surface area (Å²) in [6.45, 7) is 21.4. The summed E-state index contributed by atoms with van der Waals surface area (Å²) in [5, 5.41) is 41.6. The Bertz CT molecular complexity index is 950. The van der Waals surface area contributed by atoms with Crippen LogP contribution in [0.3, 0.4) is 0 Å². The van der Waals surface area contributed by atoms with Crippen molar-refractivity contribution in [1.82, 2.24) is 10.6 Å². The standard InChI is InChI=1S/C14H26N6.C12H26N6O2.4ClH/c1-9-7-15-11(17-9)13(3,4)19-20-14(5,6)12-16-8-10(2)18-12;1-11(2,9(13)15-5-7-19)17-18-12(3,4)10(14)16-6-8-20;;;;/h9-10H,7-8H2,1-6H3,(H,15,17)(H,16,18);19-20H,5-8H2,1-4H3,(H2,13,15)(H2,14,16);4*1H. The molecular weight excluding hydrogens is 654 g/mol. The van der Waals surface area contributed by atoms with Crippen LogP contribution in [0.4, 0.5) is 0 Å². The Balaban J connectivity index is -0.000000333. The topological polar surface area (TPSA) is 215 Å². The first-order valence-electron chi connectivity index (χ1n) is 13.7. The summed E-state index contributed by atoms with van der Waals surface area (Å²) < 4.78 is 0. The SMILES string of the molecule is CC(C)(N=NC(C)(C)C(N)=NCCO)C(N)=NCCO.CC1CN=C(C(C)(C)N=NC(C)(C)C2=NCC(C)N2)N1.Cl.Cl.Cl.Cl. The molecule has 14 nitrogen and oxygen atoms in total. The smallest absolute Gasteiger partial charge is 0.133 e. The summed E-state index contributed by atoms with van der Waals surface area (Å²) in [6, 6.07) is 0.767. The molecule has 2 atom stereocenters. The number of aliphatic hydroxyl groups is 2. The van der Waals surface area contributed by atoms with Crippen molar-refractivity contribution in [3.8, 4) is 0 Å². The van der Waals surface area contributed by atoms with Crippen LogP contribution in [0.2, 0.25) is 0 Å². The summed E-state index contributed by atoms with van der Waals surface area (Å²) in [6.07, 6.45) is 0. The number of rotatable bonds is 12. The minimum atomic E-state index is -0.788. The van der Waals surface area contributed by atoms with Gasteiger partial charge in [0.2, 0.25) is 0 Å². The molecule has 8 N–H and O–H groups in total. The van der Waals surface area contributed by atoms with Gasteiger partial charge in [0.05, 0.1) is 39.4 Å². The summed E-state index contributed by atoms with van der Waals surface area (Å²) in [5.74, 6) is 2.41. The van der Waals surface area contributed by atoms with Crippen LogP contribution in [0.25, 0.3) is 0 Å². The van der Waals surface area contributed by atoms with Gasteiger partial charge < -0.3 is 32.3 Å². The highest BCUT2D eigenvalue weighted by molar-refractivity contribution is 5.94. The van der Waals surface area contributed by atoms with Gasteiger partial charge in [-0.3, -0.25) is 20.0 Å². The van der Waals surface area contributed by atoms with Gasteiger partial charge in [-0.05, 0) is 69.2 Å². The minimum Gasteiger partial charge on any atom is -0.394 e. The van der Waals surface area contributed by atoms with Crippen LogP contribution in [0, 0.1) is 0 Å². The highest BCUT2D eigenvalue weighted by atomic mass is 35.5. The number of aliphatic hydroxyl groups excluding tert-OH is 2. The van der Waals surface area contributed by atoms with E-state index in [2.05, 4.69) is 64.9 Å². The van der Waals surface area contributed by atoms with Gasteiger partial charge in [-0.25, -0.2) is 0 Å². The zero-order valence-electron chi connectivity index (χ0n) is 27.7. The van der Waals surface area contributed by atoms with Gasteiger partial charge in [0, 0.05) is 12.1 Å². The Morgan fingerprint density at radius 3 is 1.18 bits per heavy atom. The number of amidine groups is 4. The molecule has 2 heterocycles. The maximum Gasteiger partial charge on any atom is 0.133 e. The van der Waals surface area contributed by atoms with E-state index in [1.165, 1.54) is 0 Å². The number of halogens is 4. The average Bonchev–Trinajstić information content (AvgIpc) is 3.53. The van der Waals surface area contributed by atoms with Gasteiger partial charge in [0.15, 0.2) is 0 Å². The van der Waals surface area contributed by atoms with E-state index in [9.17, 15) is 0 Å². The fourth-order valence-corrected chi connectivity index (χ4v) is 3.27. The van der Waals surface area contributed by atoms with E-state index in [4.69, 9.17) is 21.7 Å². The van der Waals surface area contributed by atoms with Crippen LogP contribution in [-0.4, -0.2) is 107 Å². The van der Waals surface area contributed by atoms with Crippen molar-refractivity contribution < 1.29 is 10.2 Å². The Hall–Kier alpha value is -1.84. The summed E-state index contributed by atoms with van der Waals surface area (Å²) >= 11 is 0. The first-order chi connectivity index (χ1) is 18.4. The second kappa shape index (κ2) is 21.0. The van der Waals surface area contributed by atoms with E-state index >= 15 is 0 Å². The second-order valence-electron chi connectivity index (χ2n) is 12.1. The summed E-state index contributed by atoms with van der Waals surface area (Å²) in [4.78, 5) is 17.0. The quantitative estimate of drug-likeness (QED) is 0.102. The fraction of sp³-hybridized carbons (Fsp3) is 0.846. The molecule has 44 heavy (non-hydrogen) atoms. The highest BCUT2D eigenvalue weighted by Gasteiger charge is 2.33. The lowest BCUT2D eigenvalue weighted by molar-refractivity contribution is 0.306. The second-order valence-corrected chi connectivity index (χ2v) is 12.1. The molecule has 0 amide bonds. The number of nitrogens with one attached hydrogen (secondary N) is 2. The van der Waals surface area contributed by atoms with Crippen molar-refractivity contribution in [2.24, 2.45) is 51.9 Å². The molecule has 0 radical (unpaired) electrons. The first kappa shape index (κ1) is 49.0. The molecule has 0 aromatic heterocycles. The maximum atomic E-state index is 8.73. The summed E-state index contributed by atoms with van der Waals surface area (Å²) in [7, 11) is 0. The molecule has 2 rings (SSSR count). The lowest BCUT2D eigenvalue weighted by Gasteiger charge is -2.24. The summed E-state index contributed by atoms with van der Waals surface area (Å²) in [5.41, 5.74) is 9.20. The monoisotopic (exact) mass is 708 g/mol. The Morgan fingerprint density at radius 1 is 0.659 bits per heavy atom. The highest BCUT2D eigenvalue weighted by Crippen LogP contribution is 2.21. The van der Waals surface area contributed by atoms with E-state index in [-0.39, 0.29) is 87.6 Å². The number of hydrogen-bond donors (Lipinski definition) is 6. The number of aliphatic imine (C=N–C) groups is 4. The molecule has 0 aromatic carbocycles. The van der Waals surface area contributed by atoms with Gasteiger partial charge >= 0.3 is 0 Å². The van der Waals surface area contributed by atoms with Gasteiger partial charge in [-0.1, -0.05) is 0 Å². The molecule has 0 bridgehead atoms. The van der Waals surface area contributed by atoms with Crippen molar-refractivity contribution in [3.63, 3.8) is 0 Å². The van der Waals surface area contributed by atoms with E-state index in [0.29, 0.717) is 12.1 Å². The van der Waals surface area contributed by atoms with Crippen LogP contribution in [0.15, 0.2) is 40.4 Å². The third-order valence-corrected chi connectivity index (χ3v) is 6.09. The molecule has 18 heteroatoms. The van der Waals surface area contributed by atoms with Crippen LogP contribution < -0.4 is 22.1 Å². The van der Waals surface area contributed by atoms with Gasteiger partial charge in [-0.15, -0.1) is 49.6 Å². The van der Waals surface area contributed by atoms with Crippen LogP contribution in [0.5, 0.6) is 0 Å². The van der Waals surface area contributed by atoms with Crippen LogP contribution in [-0.2, 0) is 0 Å². The van der Waals surface area contributed by atoms with Crippen molar-refractivity contribution in [2.45, 2.75) is 103 Å². The van der Waals surface area contributed by atoms with Crippen LogP contribution in [0.1, 0.15) is 69.2 Å². The maximum absolute atomic E-state index is 8.73. The third kappa shape index (κ3) is 15.9. The largest absolute Gasteiger partial charge is 0.394 e. The lowest BCUT2D eigenvalue weighted by atomic mass is 10.0. The first-order valence-corrected chi connectivity index (χ1v) is 13.7. The number of nitrogens with two attached hydrogens (primary N) is 2. The molecule has 0 aliphatic carbocycles. The molecule has 0 aromatic rings. The lowest BCUT2D eigenvalue weighted by Crippen LogP contribution is -2.43. The molecule has 260 valence electrons. The molecule has 2 aliphatic heterocycles. The Morgan fingerprint density at radius 2 is 0.955 bits per heavy atom. The van der Waals surface area contributed by atoms with Crippen molar-refractivity contribution in [1.29, 1.82) is 0 Å². The van der Waals surface area contributed by atoms with Crippen LogP contribution >= 0.6 is 49.6 Å². The normalized spacial score (nSPS) is 19.3. The molecular formula is C26H56Cl4N12O2. The van der Waals surface area contributed by atoms with Crippen molar-refractivity contribution in [2.75, 3.05) is 39.4 Å². The Labute approximate surface area is 287 Å². The zero-order chi connectivity index (χ0) is 30.8. The molecule has 2 aliphatic rings. The zero-order valence-corrected chi connectivity index (χ0v) is 30.9. The third-order valence-electron chi connectivity index (χ3n) is 6.09. The number of hydrogen-bond acceptors (Lipinski definition) is 12. The van der Waals surface area contributed by atoms with Gasteiger partial charge in [0.1, 0.15) is 45.5 Å². The fourth-order valence-electron chi connectivity index (χ4n) is 3.27. The van der Waals surface area contributed by atoms with E-state index in [1.807, 2.05) is 27.7 Å². The molecule has 0 saturated carbocycles. The molecule has 0 saturated heterocycles. The molecule has 0 fully saturated rings. The van der Waals surface area contributed by atoms with Gasteiger partial charge in [-0.2, -0.15) is 20.5 Å². The number of azo groups is 2. The minimum absolute atomic E-state index is 0. The van der Waals surface area contributed by atoms with E-state index in [0.717, 1.165) is 24.8 Å². The predicted molar refractivity (Wildman–Crippen MR) is 192 cm³/mol. The van der Waals surface area contributed by atoms with Gasteiger partial charge in [0.25, 0.3) is 0 Å². The molecule has 0 spiro atoms. The van der Waals surface area contributed by atoms with Crippen molar-refractivity contribution in [3.05, 3.63) is 0 Å². The van der Waals surface area contributed by atoms with E-state index in [1.54, 1.807) is 27.7 Å². The van der Waals surface area contributed by atoms with Crippen molar-refractivity contribution >= 4 is 73.0 Å². The number of nitrogens with zero attached hydrogens (tertiary/aromatic N) is 8. The Kier molecular flexibility index (Phi) is 23.5. The molecule has 2 unspecified atom stereocenters. The average molecular weight is 711 g/mol.